The van der Waals surface area contributed by atoms with Gasteiger partial charge in [0.25, 0.3) is 0 Å². The minimum Gasteiger partial charge on any atom is -0.376 e. The lowest BCUT2D eigenvalue weighted by molar-refractivity contribution is 0.115. The van der Waals surface area contributed by atoms with Gasteiger partial charge in [0.05, 0.1) is 6.10 Å². The fourth-order valence-corrected chi connectivity index (χ4v) is 2.58. The van der Waals surface area contributed by atoms with Crippen LogP contribution in [0, 0.1) is 6.92 Å². The number of anilines is 2. The molecule has 1 atom stereocenters. The molecule has 1 aliphatic rings. The lowest BCUT2D eigenvalue weighted by Gasteiger charge is -2.26. The van der Waals surface area contributed by atoms with Crippen LogP contribution in [0.25, 0.3) is 0 Å². The SMILES string of the molecule is CCCNc1ncnc(N(CC)CC2CCCO2)c1C. The van der Waals surface area contributed by atoms with Crippen molar-refractivity contribution in [1.82, 2.24) is 9.97 Å². The van der Waals surface area contributed by atoms with Crippen LogP contribution in [0.5, 0.6) is 0 Å². The second kappa shape index (κ2) is 7.43. The minimum atomic E-state index is 0.344. The summed E-state index contributed by atoms with van der Waals surface area (Å²) in [5, 5.41) is 3.37. The highest BCUT2D eigenvalue weighted by molar-refractivity contribution is 5.57. The van der Waals surface area contributed by atoms with Crippen LogP contribution in [0.3, 0.4) is 0 Å². The van der Waals surface area contributed by atoms with E-state index in [1.165, 1.54) is 6.42 Å². The van der Waals surface area contributed by atoms with Crippen LogP contribution in [0.15, 0.2) is 6.33 Å². The highest BCUT2D eigenvalue weighted by Gasteiger charge is 2.21. The molecule has 0 bridgehead atoms. The molecule has 1 fully saturated rings. The molecule has 1 aliphatic heterocycles. The fraction of sp³-hybridized carbons (Fsp3) is 0.733. The number of rotatable bonds is 7. The van der Waals surface area contributed by atoms with Crippen molar-refractivity contribution in [2.75, 3.05) is 36.5 Å². The second-order valence-electron chi connectivity index (χ2n) is 5.27. The van der Waals surface area contributed by atoms with E-state index in [1.807, 2.05) is 0 Å². The monoisotopic (exact) mass is 278 g/mol. The Morgan fingerprint density at radius 1 is 1.40 bits per heavy atom. The lowest BCUT2D eigenvalue weighted by Crippen LogP contribution is -2.33. The Balaban J connectivity index is 2.11. The Morgan fingerprint density at radius 3 is 2.90 bits per heavy atom. The first-order valence-corrected chi connectivity index (χ1v) is 7.68. The number of hydrogen-bond donors (Lipinski definition) is 1. The molecule has 1 aromatic rings. The topological polar surface area (TPSA) is 50.3 Å². The van der Waals surface area contributed by atoms with E-state index >= 15 is 0 Å². The molecule has 1 aromatic heterocycles. The number of aromatic nitrogens is 2. The molecule has 2 heterocycles. The molecule has 1 unspecified atom stereocenters. The van der Waals surface area contributed by atoms with Crippen molar-refractivity contribution < 1.29 is 4.74 Å². The highest BCUT2D eigenvalue weighted by Crippen LogP contribution is 2.24. The van der Waals surface area contributed by atoms with Crippen molar-refractivity contribution in [1.29, 1.82) is 0 Å². The van der Waals surface area contributed by atoms with Gasteiger partial charge in [0, 0.05) is 31.8 Å². The van der Waals surface area contributed by atoms with E-state index in [4.69, 9.17) is 4.74 Å². The maximum atomic E-state index is 5.74. The van der Waals surface area contributed by atoms with Gasteiger partial charge in [-0.1, -0.05) is 6.92 Å². The first kappa shape index (κ1) is 15.0. The van der Waals surface area contributed by atoms with Gasteiger partial charge in [-0.3, -0.25) is 0 Å². The van der Waals surface area contributed by atoms with Crippen molar-refractivity contribution in [2.45, 2.75) is 46.1 Å². The molecular formula is C15H26N4O. The molecule has 0 radical (unpaired) electrons. The van der Waals surface area contributed by atoms with Gasteiger partial charge in [-0.15, -0.1) is 0 Å². The summed E-state index contributed by atoms with van der Waals surface area (Å²) in [5.74, 6) is 1.97. The predicted molar refractivity (Wildman–Crippen MR) is 82.4 cm³/mol. The van der Waals surface area contributed by atoms with Crippen LogP contribution >= 0.6 is 0 Å². The van der Waals surface area contributed by atoms with Crippen LogP contribution in [0.2, 0.25) is 0 Å². The van der Waals surface area contributed by atoms with Crippen molar-refractivity contribution in [3.63, 3.8) is 0 Å². The first-order chi connectivity index (χ1) is 9.76. The van der Waals surface area contributed by atoms with Crippen molar-refractivity contribution in [3.05, 3.63) is 11.9 Å². The highest BCUT2D eigenvalue weighted by atomic mass is 16.5. The molecular weight excluding hydrogens is 252 g/mol. The molecule has 5 nitrogen and oxygen atoms in total. The Labute approximate surface area is 121 Å². The van der Waals surface area contributed by atoms with E-state index in [0.717, 1.165) is 56.3 Å². The molecule has 2 rings (SSSR count). The number of hydrogen-bond acceptors (Lipinski definition) is 5. The van der Waals surface area contributed by atoms with Gasteiger partial charge in [0.1, 0.15) is 18.0 Å². The summed E-state index contributed by atoms with van der Waals surface area (Å²) in [7, 11) is 0. The first-order valence-electron chi connectivity index (χ1n) is 7.68. The normalized spacial score (nSPS) is 18.2. The fourth-order valence-electron chi connectivity index (χ4n) is 2.58. The number of nitrogens with zero attached hydrogens (tertiary/aromatic N) is 3. The summed E-state index contributed by atoms with van der Waals surface area (Å²) in [5.41, 5.74) is 1.13. The summed E-state index contributed by atoms with van der Waals surface area (Å²) >= 11 is 0. The van der Waals surface area contributed by atoms with E-state index in [1.54, 1.807) is 6.33 Å². The van der Waals surface area contributed by atoms with E-state index in [0.29, 0.717) is 6.10 Å². The van der Waals surface area contributed by atoms with Gasteiger partial charge in [0.2, 0.25) is 0 Å². The molecule has 0 amide bonds. The third-order valence-corrected chi connectivity index (χ3v) is 3.73. The maximum Gasteiger partial charge on any atom is 0.137 e. The quantitative estimate of drug-likeness (QED) is 0.831. The van der Waals surface area contributed by atoms with Gasteiger partial charge in [0.15, 0.2) is 0 Å². The van der Waals surface area contributed by atoms with Crippen LogP contribution in [-0.2, 0) is 4.74 Å². The minimum absolute atomic E-state index is 0.344. The van der Waals surface area contributed by atoms with E-state index in [2.05, 4.69) is 41.0 Å². The zero-order chi connectivity index (χ0) is 14.4. The summed E-state index contributed by atoms with van der Waals surface area (Å²) in [6, 6.07) is 0. The predicted octanol–water partition coefficient (Wildman–Crippen LogP) is 2.61. The van der Waals surface area contributed by atoms with E-state index in [-0.39, 0.29) is 0 Å². The van der Waals surface area contributed by atoms with Gasteiger partial charge in [-0.05, 0) is 33.1 Å². The van der Waals surface area contributed by atoms with Crippen LogP contribution < -0.4 is 10.2 Å². The Morgan fingerprint density at radius 2 is 2.25 bits per heavy atom. The van der Waals surface area contributed by atoms with Crippen LogP contribution in [-0.4, -0.2) is 42.3 Å². The third kappa shape index (κ3) is 3.60. The molecule has 5 heteroatoms. The third-order valence-electron chi connectivity index (χ3n) is 3.73. The zero-order valence-corrected chi connectivity index (χ0v) is 12.9. The van der Waals surface area contributed by atoms with Gasteiger partial charge in [-0.2, -0.15) is 0 Å². The average Bonchev–Trinajstić information content (AvgIpc) is 2.97. The summed E-state index contributed by atoms with van der Waals surface area (Å²) in [6.45, 7) is 10.1. The standard InChI is InChI=1S/C15H26N4O/c1-4-8-16-14-12(3)15(18-11-17-14)19(5-2)10-13-7-6-9-20-13/h11,13H,4-10H2,1-3H3,(H,16,17,18). The Hall–Kier alpha value is -1.36. The molecule has 20 heavy (non-hydrogen) atoms. The maximum absolute atomic E-state index is 5.74. The van der Waals surface area contributed by atoms with E-state index < -0.39 is 0 Å². The van der Waals surface area contributed by atoms with Gasteiger partial charge >= 0.3 is 0 Å². The number of ether oxygens (including phenoxy) is 1. The van der Waals surface area contributed by atoms with Crippen LogP contribution in [0.1, 0.15) is 38.7 Å². The molecule has 112 valence electrons. The molecule has 0 aliphatic carbocycles. The molecule has 0 aromatic carbocycles. The smallest absolute Gasteiger partial charge is 0.137 e. The largest absolute Gasteiger partial charge is 0.376 e. The average molecular weight is 278 g/mol. The number of likely N-dealkylation sites (N-methyl/N-ethyl adjacent to an activating group) is 1. The molecule has 0 saturated carbocycles. The summed E-state index contributed by atoms with van der Waals surface area (Å²) in [6.07, 6.45) is 5.41. The van der Waals surface area contributed by atoms with Crippen molar-refractivity contribution in [3.8, 4) is 0 Å². The van der Waals surface area contributed by atoms with Gasteiger partial charge in [-0.25, -0.2) is 9.97 Å². The van der Waals surface area contributed by atoms with Crippen molar-refractivity contribution in [2.24, 2.45) is 0 Å². The number of nitrogens with one attached hydrogen (secondary N) is 1. The summed E-state index contributed by atoms with van der Waals surface area (Å²) in [4.78, 5) is 11.1. The molecule has 0 spiro atoms. The van der Waals surface area contributed by atoms with E-state index in [9.17, 15) is 0 Å². The molecule has 1 saturated heterocycles. The van der Waals surface area contributed by atoms with Gasteiger partial charge < -0.3 is 15.0 Å². The summed E-state index contributed by atoms with van der Waals surface area (Å²) < 4.78 is 5.74. The Bertz CT molecular complexity index is 418. The van der Waals surface area contributed by atoms with Crippen LogP contribution in [0.4, 0.5) is 11.6 Å². The molecule has 1 N–H and O–H groups in total. The lowest BCUT2D eigenvalue weighted by atomic mass is 10.2. The second-order valence-corrected chi connectivity index (χ2v) is 5.27. The zero-order valence-electron chi connectivity index (χ0n) is 12.9. The van der Waals surface area contributed by atoms with Crippen molar-refractivity contribution >= 4 is 11.6 Å². The Kier molecular flexibility index (Phi) is 5.59.